The normalized spacial score (nSPS) is 20.3. The van der Waals surface area contributed by atoms with Gasteiger partial charge < -0.3 is 20.4 Å². The van der Waals surface area contributed by atoms with Crippen LogP contribution >= 0.6 is 0 Å². The lowest BCUT2D eigenvalue weighted by Gasteiger charge is -2.34. The number of phenols is 2. The second-order valence-corrected chi connectivity index (χ2v) is 4.22. The van der Waals surface area contributed by atoms with Gasteiger partial charge in [0.2, 0.25) is 0 Å². The van der Waals surface area contributed by atoms with Gasteiger partial charge >= 0.3 is 0 Å². The molecule has 5 heteroatoms. The molecule has 3 N–H and O–H groups in total. The van der Waals surface area contributed by atoms with Crippen molar-refractivity contribution in [1.29, 1.82) is 0 Å². The van der Waals surface area contributed by atoms with Crippen LogP contribution in [0.4, 0.5) is 0 Å². The lowest BCUT2D eigenvalue weighted by molar-refractivity contribution is 0.0649. The van der Waals surface area contributed by atoms with Gasteiger partial charge in [0.1, 0.15) is 17.1 Å². The molecular formula is C12H16N2O3. The summed E-state index contributed by atoms with van der Waals surface area (Å²) >= 11 is 0. The highest BCUT2D eigenvalue weighted by molar-refractivity contribution is 5.99. The van der Waals surface area contributed by atoms with Crippen molar-refractivity contribution in [2.75, 3.05) is 19.6 Å². The average Bonchev–Trinajstić information content (AvgIpc) is 2.29. The largest absolute Gasteiger partial charge is 0.507 e. The van der Waals surface area contributed by atoms with Crippen molar-refractivity contribution in [2.45, 2.75) is 13.0 Å². The summed E-state index contributed by atoms with van der Waals surface area (Å²) in [6, 6.07) is 4.36. The van der Waals surface area contributed by atoms with Gasteiger partial charge in [-0.2, -0.15) is 0 Å². The second-order valence-electron chi connectivity index (χ2n) is 4.22. The molecular weight excluding hydrogens is 220 g/mol. The number of aromatic hydroxyl groups is 2. The van der Waals surface area contributed by atoms with E-state index in [0.717, 1.165) is 13.1 Å². The molecule has 1 saturated heterocycles. The van der Waals surface area contributed by atoms with E-state index in [-0.39, 0.29) is 29.0 Å². The first-order valence-electron chi connectivity index (χ1n) is 5.64. The van der Waals surface area contributed by atoms with Gasteiger partial charge in [-0.1, -0.05) is 6.07 Å². The lowest BCUT2D eigenvalue weighted by Crippen LogP contribution is -2.52. The van der Waals surface area contributed by atoms with Gasteiger partial charge in [0, 0.05) is 25.7 Å². The molecule has 5 nitrogen and oxygen atoms in total. The molecule has 1 aliphatic heterocycles. The highest BCUT2D eigenvalue weighted by atomic mass is 16.3. The van der Waals surface area contributed by atoms with Crippen molar-refractivity contribution < 1.29 is 15.0 Å². The third-order valence-electron chi connectivity index (χ3n) is 3.00. The van der Waals surface area contributed by atoms with Crippen molar-refractivity contribution in [3.8, 4) is 11.5 Å². The Bertz CT molecular complexity index is 414. The molecule has 17 heavy (non-hydrogen) atoms. The van der Waals surface area contributed by atoms with Crippen molar-refractivity contribution in [2.24, 2.45) is 0 Å². The molecule has 0 aliphatic carbocycles. The maximum absolute atomic E-state index is 12.2. The first-order valence-corrected chi connectivity index (χ1v) is 5.64. The van der Waals surface area contributed by atoms with Crippen molar-refractivity contribution in [1.82, 2.24) is 10.2 Å². The Kier molecular flexibility index (Phi) is 3.19. The molecule has 1 aromatic rings. The molecule has 1 aliphatic rings. The van der Waals surface area contributed by atoms with E-state index in [4.69, 9.17) is 0 Å². The Morgan fingerprint density at radius 3 is 2.65 bits per heavy atom. The van der Waals surface area contributed by atoms with Gasteiger partial charge in [0.25, 0.3) is 5.91 Å². The summed E-state index contributed by atoms with van der Waals surface area (Å²) in [6.07, 6.45) is 0. The molecule has 1 atom stereocenters. The fourth-order valence-electron chi connectivity index (χ4n) is 2.03. The molecule has 0 bridgehead atoms. The minimum atomic E-state index is -0.324. The summed E-state index contributed by atoms with van der Waals surface area (Å²) in [5.74, 6) is -0.684. The Labute approximate surface area is 99.7 Å². The van der Waals surface area contributed by atoms with Crippen LogP contribution in [0.5, 0.6) is 11.5 Å². The Hall–Kier alpha value is -1.75. The van der Waals surface area contributed by atoms with Gasteiger partial charge in [0.05, 0.1) is 0 Å². The summed E-state index contributed by atoms with van der Waals surface area (Å²) in [7, 11) is 0. The van der Waals surface area contributed by atoms with E-state index < -0.39 is 0 Å². The molecule has 0 saturated carbocycles. The number of carbonyl (C=O) groups excluding carboxylic acids is 1. The molecule has 0 unspecified atom stereocenters. The first-order chi connectivity index (χ1) is 8.11. The third-order valence-corrected chi connectivity index (χ3v) is 3.00. The van der Waals surface area contributed by atoms with Gasteiger partial charge in [0.15, 0.2) is 0 Å². The number of rotatable bonds is 1. The van der Waals surface area contributed by atoms with Gasteiger partial charge in [-0.05, 0) is 19.1 Å². The number of nitrogens with zero attached hydrogens (tertiary/aromatic N) is 1. The number of hydrogen-bond donors (Lipinski definition) is 3. The van der Waals surface area contributed by atoms with Crippen LogP contribution in [0.3, 0.4) is 0 Å². The number of nitrogens with one attached hydrogen (secondary N) is 1. The van der Waals surface area contributed by atoms with E-state index in [1.54, 1.807) is 4.90 Å². The molecule has 1 aromatic carbocycles. The highest BCUT2D eigenvalue weighted by Crippen LogP contribution is 2.28. The maximum Gasteiger partial charge on any atom is 0.261 e. The van der Waals surface area contributed by atoms with Crippen LogP contribution in [0.15, 0.2) is 18.2 Å². The van der Waals surface area contributed by atoms with E-state index in [1.165, 1.54) is 18.2 Å². The van der Waals surface area contributed by atoms with Crippen LogP contribution in [-0.4, -0.2) is 46.7 Å². The standard InChI is InChI=1S/C12H16N2O3/c1-8-7-13-5-6-14(8)12(17)11-9(15)3-2-4-10(11)16/h2-4,8,13,15-16H,5-7H2,1H3/t8-/m1/s1. The van der Waals surface area contributed by atoms with Gasteiger partial charge in [-0.15, -0.1) is 0 Å². The predicted octanol–water partition coefficient (Wildman–Crippen LogP) is 0.532. The van der Waals surface area contributed by atoms with Crippen molar-refractivity contribution in [3.05, 3.63) is 23.8 Å². The number of carbonyl (C=O) groups is 1. The van der Waals surface area contributed by atoms with Crippen LogP contribution in [0.2, 0.25) is 0 Å². The molecule has 0 spiro atoms. The number of amides is 1. The Morgan fingerprint density at radius 1 is 1.41 bits per heavy atom. The summed E-state index contributed by atoms with van der Waals surface area (Å²) < 4.78 is 0. The van der Waals surface area contributed by atoms with Crippen molar-refractivity contribution in [3.63, 3.8) is 0 Å². The van der Waals surface area contributed by atoms with E-state index in [0.29, 0.717) is 6.54 Å². The topological polar surface area (TPSA) is 72.8 Å². The maximum atomic E-state index is 12.2. The number of phenolic OH excluding ortho intramolecular Hbond substituents is 2. The lowest BCUT2D eigenvalue weighted by atomic mass is 10.1. The van der Waals surface area contributed by atoms with E-state index in [2.05, 4.69) is 5.32 Å². The van der Waals surface area contributed by atoms with Crippen molar-refractivity contribution >= 4 is 5.91 Å². The monoisotopic (exact) mass is 236 g/mol. The average molecular weight is 236 g/mol. The fourth-order valence-corrected chi connectivity index (χ4v) is 2.03. The Balaban J connectivity index is 2.30. The SMILES string of the molecule is C[C@@H]1CNCCN1C(=O)c1c(O)cccc1O. The van der Waals surface area contributed by atoms with Gasteiger partial charge in [-0.25, -0.2) is 0 Å². The minimum absolute atomic E-state index is 0.0127. The number of benzene rings is 1. The summed E-state index contributed by atoms with van der Waals surface area (Å²) in [4.78, 5) is 13.9. The number of piperazine rings is 1. The quantitative estimate of drug-likeness (QED) is 0.665. The van der Waals surface area contributed by atoms with Crippen LogP contribution in [0.25, 0.3) is 0 Å². The van der Waals surface area contributed by atoms with Gasteiger partial charge in [-0.3, -0.25) is 4.79 Å². The van der Waals surface area contributed by atoms with Crippen LogP contribution < -0.4 is 5.32 Å². The van der Waals surface area contributed by atoms with Crippen LogP contribution in [-0.2, 0) is 0 Å². The zero-order valence-corrected chi connectivity index (χ0v) is 9.68. The smallest absolute Gasteiger partial charge is 0.261 e. The van der Waals surface area contributed by atoms with Crippen LogP contribution in [0, 0.1) is 0 Å². The molecule has 92 valence electrons. The van der Waals surface area contributed by atoms with Crippen LogP contribution in [0.1, 0.15) is 17.3 Å². The van der Waals surface area contributed by atoms with E-state index in [9.17, 15) is 15.0 Å². The summed E-state index contributed by atoms with van der Waals surface area (Å²) in [5.41, 5.74) is -0.0127. The first kappa shape index (κ1) is 11.7. The highest BCUT2D eigenvalue weighted by Gasteiger charge is 2.27. The summed E-state index contributed by atoms with van der Waals surface area (Å²) in [6.45, 7) is 3.96. The van der Waals surface area contributed by atoms with E-state index >= 15 is 0 Å². The zero-order chi connectivity index (χ0) is 12.4. The molecule has 1 amide bonds. The van der Waals surface area contributed by atoms with E-state index in [1.807, 2.05) is 6.92 Å². The predicted molar refractivity (Wildman–Crippen MR) is 63.1 cm³/mol. The fraction of sp³-hybridized carbons (Fsp3) is 0.417. The molecule has 0 aromatic heterocycles. The zero-order valence-electron chi connectivity index (χ0n) is 9.68. The number of hydrogen-bond acceptors (Lipinski definition) is 4. The minimum Gasteiger partial charge on any atom is -0.507 e. The summed E-state index contributed by atoms with van der Waals surface area (Å²) in [5, 5.41) is 22.5. The second kappa shape index (κ2) is 4.63. The molecule has 2 rings (SSSR count). The Morgan fingerprint density at radius 2 is 2.06 bits per heavy atom. The third kappa shape index (κ3) is 2.19. The molecule has 0 radical (unpaired) electrons. The molecule has 1 heterocycles. The molecule has 1 fully saturated rings.